The number of hydrogen-bond acceptors (Lipinski definition) is 4. The molecule has 106 valence electrons. The van der Waals surface area contributed by atoms with Crippen molar-refractivity contribution in [3.05, 3.63) is 29.8 Å². The van der Waals surface area contributed by atoms with Gasteiger partial charge in [-0.2, -0.15) is 0 Å². The number of benzene rings is 1. The van der Waals surface area contributed by atoms with Gasteiger partial charge >= 0.3 is 0 Å². The van der Waals surface area contributed by atoms with E-state index < -0.39 is 0 Å². The van der Waals surface area contributed by atoms with E-state index in [1.54, 1.807) is 11.8 Å². The highest BCUT2D eigenvalue weighted by molar-refractivity contribution is 7.98. The first-order valence-electron chi connectivity index (χ1n) is 7.06. The highest BCUT2D eigenvalue weighted by Crippen LogP contribution is 2.26. The van der Waals surface area contributed by atoms with Crippen LogP contribution in [0.25, 0.3) is 10.9 Å². The predicted octanol–water partition coefficient (Wildman–Crippen LogP) is 3.02. The molecule has 0 atom stereocenters. The normalized spacial score (nSPS) is 16.9. The van der Waals surface area contributed by atoms with Gasteiger partial charge < -0.3 is 9.80 Å². The minimum absolute atomic E-state index is 1.07. The maximum Gasteiger partial charge on any atom is 0.129 e. The lowest BCUT2D eigenvalue weighted by atomic mass is 10.1. The molecule has 0 radical (unpaired) electrons. The largest absolute Gasteiger partial charge is 0.354 e. The van der Waals surface area contributed by atoms with Crippen LogP contribution in [0.4, 0.5) is 5.82 Å². The van der Waals surface area contributed by atoms with Crippen LogP contribution in [0.1, 0.15) is 5.56 Å². The molecule has 1 aliphatic heterocycles. The third kappa shape index (κ3) is 2.63. The van der Waals surface area contributed by atoms with E-state index in [-0.39, 0.29) is 0 Å². The van der Waals surface area contributed by atoms with Crippen molar-refractivity contribution in [1.82, 2.24) is 9.88 Å². The number of piperazine rings is 1. The maximum absolute atomic E-state index is 4.86. The van der Waals surface area contributed by atoms with Crippen LogP contribution in [0.15, 0.2) is 29.2 Å². The maximum atomic E-state index is 4.86. The van der Waals surface area contributed by atoms with E-state index in [1.807, 2.05) is 0 Å². The molecule has 0 amide bonds. The van der Waals surface area contributed by atoms with Crippen molar-refractivity contribution < 1.29 is 0 Å². The summed E-state index contributed by atoms with van der Waals surface area (Å²) < 4.78 is 0. The topological polar surface area (TPSA) is 19.4 Å². The first-order chi connectivity index (χ1) is 9.67. The summed E-state index contributed by atoms with van der Waals surface area (Å²) in [6.45, 7) is 6.55. The number of anilines is 1. The van der Waals surface area contributed by atoms with Crippen LogP contribution in [0, 0.1) is 6.92 Å². The summed E-state index contributed by atoms with van der Waals surface area (Å²) in [5.74, 6) is 1.13. The molecule has 0 bridgehead atoms. The Morgan fingerprint density at radius 1 is 1.10 bits per heavy atom. The van der Waals surface area contributed by atoms with Gasteiger partial charge in [-0.25, -0.2) is 4.98 Å². The Kier molecular flexibility index (Phi) is 3.85. The van der Waals surface area contributed by atoms with E-state index in [0.717, 1.165) is 37.5 Å². The van der Waals surface area contributed by atoms with Gasteiger partial charge in [0.1, 0.15) is 5.82 Å². The number of aromatic nitrogens is 1. The fraction of sp³-hybridized carbons (Fsp3) is 0.438. The van der Waals surface area contributed by atoms with Crippen LogP contribution in [0.2, 0.25) is 0 Å². The summed E-state index contributed by atoms with van der Waals surface area (Å²) in [6, 6.07) is 8.79. The van der Waals surface area contributed by atoms with Crippen LogP contribution in [0.5, 0.6) is 0 Å². The molecule has 20 heavy (non-hydrogen) atoms. The van der Waals surface area contributed by atoms with E-state index in [9.17, 15) is 0 Å². The molecule has 1 saturated heterocycles. The van der Waals surface area contributed by atoms with Crippen LogP contribution >= 0.6 is 11.8 Å². The van der Waals surface area contributed by atoms with Gasteiger partial charge in [-0.15, -0.1) is 11.8 Å². The zero-order valence-electron chi connectivity index (χ0n) is 12.4. The van der Waals surface area contributed by atoms with Crippen molar-refractivity contribution in [1.29, 1.82) is 0 Å². The van der Waals surface area contributed by atoms with Crippen molar-refractivity contribution in [3.8, 4) is 0 Å². The van der Waals surface area contributed by atoms with E-state index in [2.05, 4.69) is 54.3 Å². The summed E-state index contributed by atoms with van der Waals surface area (Å²) >= 11 is 1.78. The van der Waals surface area contributed by atoms with Gasteiger partial charge in [0.05, 0.1) is 5.52 Å². The second-order valence-corrected chi connectivity index (χ2v) is 6.35. The molecule has 4 heteroatoms. The number of pyridine rings is 1. The zero-order chi connectivity index (χ0) is 14.1. The van der Waals surface area contributed by atoms with Gasteiger partial charge in [0, 0.05) is 36.5 Å². The van der Waals surface area contributed by atoms with Crippen LogP contribution in [0.3, 0.4) is 0 Å². The molecule has 3 rings (SSSR count). The standard InChI is InChI=1S/C16H21N3S/c1-12-10-16(19-8-6-18(2)7-9-19)17-15-5-4-13(20-3)11-14(12)15/h4-5,10-11H,6-9H2,1-3H3. The molecular weight excluding hydrogens is 266 g/mol. The number of thioether (sulfide) groups is 1. The van der Waals surface area contributed by atoms with E-state index in [4.69, 9.17) is 4.98 Å². The quantitative estimate of drug-likeness (QED) is 0.791. The molecular formula is C16H21N3S. The summed E-state index contributed by atoms with van der Waals surface area (Å²) in [6.07, 6.45) is 2.11. The molecule has 0 spiro atoms. The number of nitrogens with zero attached hydrogens (tertiary/aromatic N) is 3. The zero-order valence-corrected chi connectivity index (χ0v) is 13.2. The average molecular weight is 287 g/mol. The Hall–Kier alpha value is -1.26. The van der Waals surface area contributed by atoms with E-state index in [0.29, 0.717) is 0 Å². The summed E-state index contributed by atoms with van der Waals surface area (Å²) in [5.41, 5.74) is 2.43. The number of fused-ring (bicyclic) bond motifs is 1. The van der Waals surface area contributed by atoms with Crippen molar-refractivity contribution in [2.45, 2.75) is 11.8 Å². The van der Waals surface area contributed by atoms with Crippen LogP contribution in [-0.4, -0.2) is 49.4 Å². The number of hydrogen-bond donors (Lipinski definition) is 0. The Labute approximate surface area is 125 Å². The molecule has 0 unspecified atom stereocenters. The second kappa shape index (κ2) is 5.62. The summed E-state index contributed by atoms with van der Waals surface area (Å²) in [4.78, 5) is 10.9. The smallest absolute Gasteiger partial charge is 0.129 e. The molecule has 1 aromatic carbocycles. The molecule has 2 heterocycles. The van der Waals surface area contributed by atoms with Gasteiger partial charge in [-0.05, 0) is 50.1 Å². The summed E-state index contributed by atoms with van der Waals surface area (Å²) in [5, 5.41) is 1.27. The predicted molar refractivity (Wildman–Crippen MR) is 88.0 cm³/mol. The second-order valence-electron chi connectivity index (χ2n) is 5.47. The number of aryl methyl sites for hydroxylation is 1. The van der Waals surface area contributed by atoms with E-state index >= 15 is 0 Å². The van der Waals surface area contributed by atoms with Crippen molar-refractivity contribution in [2.75, 3.05) is 44.4 Å². The average Bonchev–Trinajstić information content (AvgIpc) is 2.47. The van der Waals surface area contributed by atoms with Crippen LogP contribution < -0.4 is 4.90 Å². The lowest BCUT2D eigenvalue weighted by Crippen LogP contribution is -2.44. The molecule has 0 aliphatic carbocycles. The molecule has 0 saturated carbocycles. The monoisotopic (exact) mass is 287 g/mol. The lowest BCUT2D eigenvalue weighted by Gasteiger charge is -2.33. The summed E-state index contributed by atoms with van der Waals surface area (Å²) in [7, 11) is 2.18. The molecule has 1 aliphatic rings. The first kappa shape index (κ1) is 13.7. The molecule has 0 N–H and O–H groups in total. The fourth-order valence-corrected chi connectivity index (χ4v) is 3.12. The lowest BCUT2D eigenvalue weighted by molar-refractivity contribution is 0.312. The van der Waals surface area contributed by atoms with Crippen molar-refractivity contribution >= 4 is 28.5 Å². The SMILES string of the molecule is CSc1ccc2nc(N3CCN(C)CC3)cc(C)c2c1. The van der Waals surface area contributed by atoms with Crippen molar-refractivity contribution in [3.63, 3.8) is 0 Å². The third-order valence-corrected chi connectivity index (χ3v) is 4.76. The van der Waals surface area contributed by atoms with E-state index in [1.165, 1.54) is 15.8 Å². The van der Waals surface area contributed by atoms with Crippen molar-refractivity contribution in [2.24, 2.45) is 0 Å². The Bertz CT molecular complexity index is 618. The van der Waals surface area contributed by atoms with Gasteiger partial charge in [0.2, 0.25) is 0 Å². The van der Waals surface area contributed by atoms with Crippen LogP contribution in [-0.2, 0) is 0 Å². The molecule has 1 fully saturated rings. The van der Waals surface area contributed by atoms with Gasteiger partial charge in [0.15, 0.2) is 0 Å². The minimum atomic E-state index is 1.07. The fourth-order valence-electron chi connectivity index (χ4n) is 2.68. The van der Waals surface area contributed by atoms with Gasteiger partial charge in [-0.1, -0.05) is 0 Å². The minimum Gasteiger partial charge on any atom is -0.354 e. The highest BCUT2D eigenvalue weighted by atomic mass is 32.2. The van der Waals surface area contributed by atoms with Gasteiger partial charge in [0.25, 0.3) is 0 Å². The highest BCUT2D eigenvalue weighted by Gasteiger charge is 2.16. The Balaban J connectivity index is 1.97. The molecule has 3 nitrogen and oxygen atoms in total. The number of rotatable bonds is 2. The Morgan fingerprint density at radius 2 is 1.85 bits per heavy atom. The number of likely N-dealkylation sites (N-methyl/N-ethyl adjacent to an activating group) is 1. The van der Waals surface area contributed by atoms with Gasteiger partial charge in [-0.3, -0.25) is 0 Å². The molecule has 2 aromatic rings. The Morgan fingerprint density at radius 3 is 2.55 bits per heavy atom. The molecule has 1 aromatic heterocycles. The third-order valence-electron chi connectivity index (χ3n) is 4.04. The first-order valence-corrected chi connectivity index (χ1v) is 8.29.